The summed E-state index contributed by atoms with van der Waals surface area (Å²) in [5, 5.41) is 4.16. The number of nitrogens with zero attached hydrogens (tertiary/aromatic N) is 1. The third-order valence-corrected chi connectivity index (χ3v) is 2.90. The van der Waals surface area contributed by atoms with Gasteiger partial charge in [0, 0.05) is 12.7 Å². The van der Waals surface area contributed by atoms with E-state index in [-0.39, 0.29) is 6.04 Å². The number of carbonyl (C=O) groups excluding carboxylic acids is 1. The lowest BCUT2D eigenvalue weighted by Gasteiger charge is -2.25. The third-order valence-electron chi connectivity index (χ3n) is 2.16. The van der Waals surface area contributed by atoms with E-state index in [0.717, 1.165) is 12.8 Å². The van der Waals surface area contributed by atoms with E-state index < -0.39 is 0 Å². The van der Waals surface area contributed by atoms with Gasteiger partial charge in [-0.05, 0) is 28.5 Å². The molecular weight excluding hydrogens is 194 g/mol. The summed E-state index contributed by atoms with van der Waals surface area (Å²) in [7, 11) is 0. The minimum atomic E-state index is -0.111. The van der Waals surface area contributed by atoms with Gasteiger partial charge in [-0.25, -0.2) is 0 Å². The number of rotatable bonds is 3. The maximum Gasteiger partial charge on any atom is 0.146 e. The molecule has 1 aliphatic rings. The summed E-state index contributed by atoms with van der Waals surface area (Å²) in [6, 6.07) is 1.97. The van der Waals surface area contributed by atoms with Crippen LogP contribution in [0.4, 0.5) is 0 Å². The van der Waals surface area contributed by atoms with Crippen molar-refractivity contribution in [1.29, 1.82) is 0 Å². The Bertz CT molecular complexity index is 353. The van der Waals surface area contributed by atoms with Crippen LogP contribution < -0.4 is 0 Å². The smallest absolute Gasteiger partial charge is 0.146 e. The van der Waals surface area contributed by atoms with Crippen molar-refractivity contribution in [1.82, 2.24) is 4.90 Å². The molecule has 1 atom stereocenters. The minimum absolute atomic E-state index is 0.111. The summed E-state index contributed by atoms with van der Waals surface area (Å²) < 4.78 is 0. The quantitative estimate of drug-likeness (QED) is 0.705. The van der Waals surface area contributed by atoms with Gasteiger partial charge in [0.2, 0.25) is 0 Å². The molecule has 0 saturated carbocycles. The minimum Gasteiger partial charge on any atom is -0.360 e. The van der Waals surface area contributed by atoms with E-state index in [9.17, 15) is 4.79 Å². The summed E-state index contributed by atoms with van der Waals surface area (Å²) in [6.07, 6.45) is 8.68. The lowest BCUT2D eigenvalue weighted by atomic mass is 10.2. The van der Waals surface area contributed by atoms with Gasteiger partial charge in [-0.2, -0.15) is 11.3 Å². The molecule has 0 N–H and O–H groups in total. The summed E-state index contributed by atoms with van der Waals surface area (Å²) in [4.78, 5) is 12.8. The van der Waals surface area contributed by atoms with Gasteiger partial charge < -0.3 is 9.69 Å². The molecule has 0 bridgehead atoms. The lowest BCUT2D eigenvalue weighted by molar-refractivity contribution is -0.110. The lowest BCUT2D eigenvalue weighted by Crippen LogP contribution is -2.30. The molecule has 0 amide bonds. The zero-order chi connectivity index (χ0) is 9.80. The van der Waals surface area contributed by atoms with Gasteiger partial charge in [0.05, 0.1) is 0 Å². The fourth-order valence-electron chi connectivity index (χ4n) is 1.42. The van der Waals surface area contributed by atoms with Crippen LogP contribution in [0.3, 0.4) is 0 Å². The number of hydrogen-bond acceptors (Lipinski definition) is 3. The van der Waals surface area contributed by atoms with Crippen molar-refractivity contribution in [3.8, 4) is 0 Å². The molecule has 1 aromatic heterocycles. The highest BCUT2D eigenvalue weighted by molar-refractivity contribution is 7.07. The van der Waals surface area contributed by atoms with Crippen LogP contribution in [0.1, 0.15) is 5.56 Å². The van der Waals surface area contributed by atoms with Gasteiger partial charge in [-0.3, -0.25) is 0 Å². The second kappa shape index (κ2) is 4.24. The summed E-state index contributed by atoms with van der Waals surface area (Å²) in [6.45, 7) is 0.799. The van der Waals surface area contributed by atoms with Gasteiger partial charge in [0.25, 0.3) is 0 Å². The molecule has 0 spiro atoms. The highest BCUT2D eigenvalue weighted by atomic mass is 32.1. The molecule has 0 radical (unpaired) electrons. The van der Waals surface area contributed by atoms with Crippen LogP contribution >= 0.6 is 11.3 Å². The molecule has 1 aromatic rings. The Morgan fingerprint density at radius 1 is 1.50 bits per heavy atom. The first-order valence-corrected chi connectivity index (χ1v) is 5.41. The summed E-state index contributed by atoms with van der Waals surface area (Å²) in [5.41, 5.74) is 1.25. The number of hydrogen-bond donors (Lipinski definition) is 0. The Balaban J connectivity index is 2.07. The Hall–Kier alpha value is -1.35. The first-order valence-electron chi connectivity index (χ1n) is 4.47. The van der Waals surface area contributed by atoms with Crippen molar-refractivity contribution >= 4 is 17.6 Å². The van der Waals surface area contributed by atoms with E-state index in [1.54, 1.807) is 11.3 Å². The SMILES string of the molecule is O=CC1C=CC=CN1Cc1ccsc1. The van der Waals surface area contributed by atoms with Crippen molar-refractivity contribution in [3.05, 3.63) is 46.8 Å². The Morgan fingerprint density at radius 2 is 2.43 bits per heavy atom. The van der Waals surface area contributed by atoms with Crippen molar-refractivity contribution in [2.75, 3.05) is 0 Å². The predicted molar refractivity (Wildman–Crippen MR) is 58.0 cm³/mol. The van der Waals surface area contributed by atoms with E-state index in [0.29, 0.717) is 0 Å². The Labute approximate surface area is 87.2 Å². The zero-order valence-corrected chi connectivity index (χ0v) is 8.48. The number of carbonyl (C=O) groups is 1. The van der Waals surface area contributed by atoms with Crippen LogP contribution in [-0.4, -0.2) is 17.2 Å². The predicted octanol–water partition coefficient (Wildman–Crippen LogP) is 2.20. The molecule has 2 rings (SSSR count). The topological polar surface area (TPSA) is 20.3 Å². The molecule has 2 heterocycles. The molecule has 14 heavy (non-hydrogen) atoms. The molecule has 0 aromatic carbocycles. The zero-order valence-electron chi connectivity index (χ0n) is 7.67. The second-order valence-corrected chi connectivity index (χ2v) is 3.94. The van der Waals surface area contributed by atoms with Crippen LogP contribution in [0.5, 0.6) is 0 Å². The summed E-state index contributed by atoms with van der Waals surface area (Å²) >= 11 is 1.68. The molecule has 0 fully saturated rings. The molecule has 0 saturated heterocycles. The van der Waals surface area contributed by atoms with Crippen molar-refractivity contribution in [2.45, 2.75) is 12.6 Å². The molecule has 72 valence electrons. The van der Waals surface area contributed by atoms with Crippen molar-refractivity contribution < 1.29 is 4.79 Å². The summed E-state index contributed by atoms with van der Waals surface area (Å²) in [5.74, 6) is 0. The first-order chi connectivity index (χ1) is 6.90. The van der Waals surface area contributed by atoms with Crippen molar-refractivity contribution in [2.24, 2.45) is 0 Å². The van der Waals surface area contributed by atoms with Gasteiger partial charge in [0.1, 0.15) is 12.3 Å². The van der Waals surface area contributed by atoms with Gasteiger partial charge in [0.15, 0.2) is 0 Å². The standard InChI is InChI=1S/C11H11NOS/c13-8-11-3-1-2-5-12(11)7-10-4-6-14-9-10/h1-6,8-9,11H,7H2. The van der Waals surface area contributed by atoms with Gasteiger partial charge in [-0.1, -0.05) is 12.2 Å². The van der Waals surface area contributed by atoms with Crippen molar-refractivity contribution in [3.63, 3.8) is 0 Å². The number of allylic oxidation sites excluding steroid dienone is 2. The highest BCUT2D eigenvalue weighted by Gasteiger charge is 2.13. The maximum atomic E-state index is 10.8. The highest BCUT2D eigenvalue weighted by Crippen LogP contribution is 2.14. The molecular formula is C11H11NOS. The molecule has 3 heteroatoms. The van der Waals surface area contributed by atoms with Crippen LogP contribution in [0.2, 0.25) is 0 Å². The Morgan fingerprint density at radius 3 is 3.14 bits per heavy atom. The fourth-order valence-corrected chi connectivity index (χ4v) is 2.08. The Kier molecular flexibility index (Phi) is 2.79. The van der Waals surface area contributed by atoms with E-state index in [1.807, 2.05) is 29.3 Å². The first kappa shape index (κ1) is 9.21. The normalized spacial score (nSPS) is 20.0. The number of thiophene rings is 1. The van der Waals surface area contributed by atoms with E-state index >= 15 is 0 Å². The largest absolute Gasteiger partial charge is 0.360 e. The average molecular weight is 205 g/mol. The molecule has 2 nitrogen and oxygen atoms in total. The van der Waals surface area contributed by atoms with Gasteiger partial charge in [-0.15, -0.1) is 0 Å². The van der Waals surface area contributed by atoms with E-state index in [1.165, 1.54) is 5.56 Å². The number of aldehydes is 1. The fraction of sp³-hybridized carbons (Fsp3) is 0.182. The van der Waals surface area contributed by atoms with Crippen LogP contribution in [0.25, 0.3) is 0 Å². The monoisotopic (exact) mass is 205 g/mol. The van der Waals surface area contributed by atoms with E-state index in [2.05, 4.69) is 16.8 Å². The van der Waals surface area contributed by atoms with Crippen LogP contribution in [0, 0.1) is 0 Å². The molecule has 0 aliphatic carbocycles. The maximum absolute atomic E-state index is 10.8. The average Bonchev–Trinajstić information content (AvgIpc) is 2.71. The van der Waals surface area contributed by atoms with E-state index in [4.69, 9.17) is 0 Å². The van der Waals surface area contributed by atoms with Gasteiger partial charge >= 0.3 is 0 Å². The van der Waals surface area contributed by atoms with Crippen LogP contribution in [0.15, 0.2) is 41.3 Å². The molecule has 1 unspecified atom stereocenters. The molecule has 1 aliphatic heterocycles. The second-order valence-electron chi connectivity index (χ2n) is 3.16. The van der Waals surface area contributed by atoms with Crippen LogP contribution in [-0.2, 0) is 11.3 Å². The third kappa shape index (κ3) is 1.93.